The monoisotopic (exact) mass is 374 g/mol. The maximum Gasteiger partial charge on any atom is 0.323 e. The van der Waals surface area contributed by atoms with E-state index in [1.54, 1.807) is 24.3 Å². The average molecular weight is 376 g/mol. The molecule has 3 aromatic carbocycles. The van der Waals surface area contributed by atoms with Crippen molar-refractivity contribution in [2.24, 2.45) is 0 Å². The minimum Gasteiger partial charge on any atom is -0.308 e. The van der Waals surface area contributed by atoms with Gasteiger partial charge < -0.3 is 10.6 Å². The van der Waals surface area contributed by atoms with Gasteiger partial charge in [-0.05, 0) is 41.8 Å². The minimum absolute atomic E-state index is 0.296. The Kier molecular flexibility index (Phi) is 4.32. The normalized spacial score (nSPS) is 10.5. The summed E-state index contributed by atoms with van der Waals surface area (Å²) >= 11 is 9.34. The zero-order chi connectivity index (χ0) is 15.5. The van der Waals surface area contributed by atoms with Crippen molar-refractivity contribution in [1.29, 1.82) is 0 Å². The molecule has 110 valence electrons. The Morgan fingerprint density at radius 3 is 2.27 bits per heavy atom. The van der Waals surface area contributed by atoms with Gasteiger partial charge in [0.25, 0.3) is 0 Å². The van der Waals surface area contributed by atoms with E-state index in [4.69, 9.17) is 11.6 Å². The van der Waals surface area contributed by atoms with E-state index in [0.29, 0.717) is 10.7 Å². The molecule has 0 radical (unpaired) electrons. The van der Waals surface area contributed by atoms with Crippen molar-refractivity contribution >= 4 is 55.7 Å². The second kappa shape index (κ2) is 6.38. The van der Waals surface area contributed by atoms with Crippen LogP contribution in [0.1, 0.15) is 0 Å². The molecule has 0 saturated heterocycles. The first-order chi connectivity index (χ1) is 10.6. The molecule has 0 spiro atoms. The van der Waals surface area contributed by atoms with Crippen LogP contribution in [0.15, 0.2) is 65.1 Å². The van der Waals surface area contributed by atoms with Crippen molar-refractivity contribution < 1.29 is 4.79 Å². The van der Waals surface area contributed by atoms with Crippen LogP contribution in [0.25, 0.3) is 10.8 Å². The zero-order valence-corrected chi connectivity index (χ0v) is 13.8. The van der Waals surface area contributed by atoms with Gasteiger partial charge in [-0.3, -0.25) is 0 Å². The number of halogens is 2. The van der Waals surface area contributed by atoms with Gasteiger partial charge in [0.2, 0.25) is 0 Å². The van der Waals surface area contributed by atoms with Crippen molar-refractivity contribution in [3.8, 4) is 0 Å². The van der Waals surface area contributed by atoms with Crippen LogP contribution in [0.5, 0.6) is 0 Å². The van der Waals surface area contributed by atoms with Crippen LogP contribution < -0.4 is 10.6 Å². The van der Waals surface area contributed by atoms with Gasteiger partial charge in [-0.2, -0.15) is 0 Å². The average Bonchev–Trinajstić information content (AvgIpc) is 2.53. The highest BCUT2D eigenvalue weighted by Crippen LogP contribution is 2.30. The first-order valence-corrected chi connectivity index (χ1v) is 7.81. The largest absolute Gasteiger partial charge is 0.323 e. The van der Waals surface area contributed by atoms with Gasteiger partial charge in [-0.25, -0.2) is 4.79 Å². The van der Waals surface area contributed by atoms with Crippen molar-refractivity contribution in [3.63, 3.8) is 0 Å². The Morgan fingerprint density at radius 2 is 1.55 bits per heavy atom. The van der Waals surface area contributed by atoms with Crippen LogP contribution in [0.2, 0.25) is 5.02 Å². The zero-order valence-electron chi connectivity index (χ0n) is 11.4. The molecule has 0 bridgehead atoms. The van der Waals surface area contributed by atoms with E-state index >= 15 is 0 Å². The summed E-state index contributed by atoms with van der Waals surface area (Å²) in [6.45, 7) is 0. The lowest BCUT2D eigenvalue weighted by atomic mass is 10.1. The molecule has 2 N–H and O–H groups in total. The first kappa shape index (κ1) is 14.9. The van der Waals surface area contributed by atoms with E-state index in [1.807, 2.05) is 36.4 Å². The number of hydrogen-bond donors (Lipinski definition) is 2. The fourth-order valence-corrected chi connectivity index (χ4v) is 2.79. The van der Waals surface area contributed by atoms with Gasteiger partial charge in [0.05, 0.1) is 5.69 Å². The van der Waals surface area contributed by atoms with Gasteiger partial charge in [-0.15, -0.1) is 0 Å². The second-order valence-electron chi connectivity index (χ2n) is 4.73. The molecule has 0 fully saturated rings. The molecule has 5 heteroatoms. The predicted octanol–water partition coefficient (Wildman–Crippen LogP) is 5.90. The summed E-state index contributed by atoms with van der Waals surface area (Å²) in [6.07, 6.45) is 0. The Balaban J connectivity index is 1.82. The van der Waals surface area contributed by atoms with Gasteiger partial charge >= 0.3 is 6.03 Å². The number of carbonyl (C=O) groups is 1. The van der Waals surface area contributed by atoms with Crippen molar-refractivity contribution in [2.45, 2.75) is 0 Å². The number of urea groups is 1. The van der Waals surface area contributed by atoms with E-state index in [2.05, 4.69) is 26.6 Å². The van der Waals surface area contributed by atoms with Gasteiger partial charge in [0.15, 0.2) is 0 Å². The summed E-state index contributed by atoms with van der Waals surface area (Å²) in [6, 6.07) is 18.3. The summed E-state index contributed by atoms with van der Waals surface area (Å²) in [5, 5.41) is 8.30. The molecule has 2 amide bonds. The molecule has 3 aromatic rings. The lowest BCUT2D eigenvalue weighted by molar-refractivity contribution is 0.262. The summed E-state index contributed by atoms with van der Waals surface area (Å²) < 4.78 is 0.992. The van der Waals surface area contributed by atoms with Crippen LogP contribution in [0.4, 0.5) is 16.2 Å². The standard InChI is InChI=1S/C17H12BrClN2O/c18-15-9-10-16(14-4-2-1-3-13(14)15)21-17(22)20-12-7-5-11(19)6-8-12/h1-10H,(H2,20,21,22). The van der Waals surface area contributed by atoms with E-state index in [0.717, 1.165) is 20.9 Å². The molecule has 0 aliphatic rings. The fourth-order valence-electron chi connectivity index (χ4n) is 2.19. The maximum absolute atomic E-state index is 12.1. The molecule has 0 aliphatic carbocycles. The second-order valence-corrected chi connectivity index (χ2v) is 6.02. The Hall–Kier alpha value is -2.04. The molecule has 0 atom stereocenters. The predicted molar refractivity (Wildman–Crippen MR) is 95.7 cm³/mol. The van der Waals surface area contributed by atoms with Crippen molar-refractivity contribution in [2.75, 3.05) is 10.6 Å². The van der Waals surface area contributed by atoms with E-state index in [9.17, 15) is 4.79 Å². The van der Waals surface area contributed by atoms with E-state index in [1.165, 1.54) is 0 Å². The summed E-state index contributed by atoms with van der Waals surface area (Å²) in [5.41, 5.74) is 1.44. The number of rotatable bonds is 2. The molecule has 0 unspecified atom stereocenters. The van der Waals surface area contributed by atoms with E-state index < -0.39 is 0 Å². The highest BCUT2D eigenvalue weighted by atomic mass is 79.9. The lowest BCUT2D eigenvalue weighted by Crippen LogP contribution is -2.19. The third-order valence-electron chi connectivity index (χ3n) is 3.22. The quantitative estimate of drug-likeness (QED) is 0.575. The SMILES string of the molecule is O=C(Nc1ccc(Cl)cc1)Nc1ccc(Br)c2ccccc12. The third-order valence-corrected chi connectivity index (χ3v) is 4.16. The molecule has 3 nitrogen and oxygen atoms in total. The highest BCUT2D eigenvalue weighted by molar-refractivity contribution is 9.10. The summed E-state index contributed by atoms with van der Waals surface area (Å²) in [4.78, 5) is 12.1. The Morgan fingerprint density at radius 1 is 0.864 bits per heavy atom. The number of nitrogens with one attached hydrogen (secondary N) is 2. The maximum atomic E-state index is 12.1. The molecular formula is C17H12BrClN2O. The first-order valence-electron chi connectivity index (χ1n) is 6.64. The van der Waals surface area contributed by atoms with Gasteiger partial charge in [0, 0.05) is 20.6 Å². The summed E-state index contributed by atoms with van der Waals surface area (Å²) in [5.74, 6) is 0. The fraction of sp³-hybridized carbons (Fsp3) is 0. The van der Waals surface area contributed by atoms with E-state index in [-0.39, 0.29) is 6.03 Å². The lowest BCUT2D eigenvalue weighted by Gasteiger charge is -2.11. The van der Waals surface area contributed by atoms with Crippen LogP contribution in [-0.4, -0.2) is 6.03 Å². The van der Waals surface area contributed by atoms with Crippen LogP contribution in [-0.2, 0) is 0 Å². The molecule has 0 aromatic heterocycles. The van der Waals surface area contributed by atoms with Crippen molar-refractivity contribution in [1.82, 2.24) is 0 Å². The summed E-state index contributed by atoms with van der Waals surface area (Å²) in [7, 11) is 0. The smallest absolute Gasteiger partial charge is 0.308 e. The highest BCUT2D eigenvalue weighted by Gasteiger charge is 2.07. The third kappa shape index (κ3) is 3.24. The van der Waals surface area contributed by atoms with Crippen LogP contribution >= 0.6 is 27.5 Å². The molecule has 0 aliphatic heterocycles. The van der Waals surface area contributed by atoms with Crippen LogP contribution in [0, 0.1) is 0 Å². The number of fused-ring (bicyclic) bond motifs is 1. The van der Waals surface area contributed by atoms with Gasteiger partial charge in [0.1, 0.15) is 0 Å². The number of anilines is 2. The number of hydrogen-bond acceptors (Lipinski definition) is 1. The number of benzene rings is 3. The molecular weight excluding hydrogens is 364 g/mol. The molecule has 22 heavy (non-hydrogen) atoms. The Bertz CT molecular complexity index is 834. The Labute approximate surface area is 141 Å². The molecule has 3 rings (SSSR count). The number of carbonyl (C=O) groups excluding carboxylic acids is 1. The topological polar surface area (TPSA) is 41.1 Å². The number of amides is 2. The van der Waals surface area contributed by atoms with Crippen molar-refractivity contribution in [3.05, 3.63) is 70.2 Å². The minimum atomic E-state index is -0.296. The molecule has 0 heterocycles. The van der Waals surface area contributed by atoms with Crippen LogP contribution in [0.3, 0.4) is 0 Å². The van der Waals surface area contributed by atoms with Gasteiger partial charge in [-0.1, -0.05) is 51.8 Å². The molecule has 0 saturated carbocycles.